The molecule has 0 bridgehead atoms. The molecular formula is C5H11OS. The predicted molar refractivity (Wildman–Crippen MR) is 32.9 cm³/mol. The monoisotopic (exact) mass is 119 g/mol. The highest BCUT2D eigenvalue weighted by Crippen LogP contribution is 2.13. The molecule has 43 valence electrons. The van der Waals surface area contributed by atoms with Gasteiger partial charge in [0, 0.05) is 5.25 Å². The van der Waals surface area contributed by atoms with Gasteiger partial charge in [0.05, 0.1) is 0 Å². The van der Waals surface area contributed by atoms with Gasteiger partial charge in [0.1, 0.15) is 5.44 Å². The standard InChI is InChI=1S/C5H11OS/c1-4(2)7-5(3)6/h4-5H,1-3H3. The fourth-order valence-electron chi connectivity index (χ4n) is 0.383. The van der Waals surface area contributed by atoms with Gasteiger partial charge in [0.2, 0.25) is 0 Å². The van der Waals surface area contributed by atoms with E-state index >= 15 is 0 Å². The van der Waals surface area contributed by atoms with Crippen molar-refractivity contribution >= 4 is 11.8 Å². The van der Waals surface area contributed by atoms with Crippen LogP contribution >= 0.6 is 11.8 Å². The third-order valence-electron chi connectivity index (χ3n) is 0.464. The van der Waals surface area contributed by atoms with Crippen molar-refractivity contribution in [2.45, 2.75) is 31.5 Å². The first-order chi connectivity index (χ1) is 3.13. The summed E-state index contributed by atoms with van der Waals surface area (Å²) in [5, 5.41) is 10.8. The molecular weight excluding hydrogens is 108 g/mol. The lowest BCUT2D eigenvalue weighted by Gasteiger charge is -2.02. The summed E-state index contributed by atoms with van der Waals surface area (Å²) in [5.41, 5.74) is -0.458. The summed E-state index contributed by atoms with van der Waals surface area (Å²) in [6.45, 7) is 5.72. The Bertz CT molecular complexity index is 37.3. The minimum atomic E-state index is -0.458. The lowest BCUT2D eigenvalue weighted by Crippen LogP contribution is -1.96. The first-order valence-corrected chi connectivity index (χ1v) is 3.38. The maximum atomic E-state index is 10.3. The Balaban J connectivity index is 2.95. The molecule has 7 heavy (non-hydrogen) atoms. The zero-order valence-corrected chi connectivity index (χ0v) is 5.79. The van der Waals surface area contributed by atoms with Gasteiger partial charge in [-0.3, -0.25) is 0 Å². The van der Waals surface area contributed by atoms with E-state index < -0.39 is 5.44 Å². The van der Waals surface area contributed by atoms with Crippen LogP contribution in [-0.2, 0) is 5.11 Å². The summed E-state index contributed by atoms with van der Waals surface area (Å²) in [6.07, 6.45) is 0. The van der Waals surface area contributed by atoms with E-state index in [1.807, 2.05) is 13.8 Å². The second-order valence-corrected chi connectivity index (χ2v) is 3.63. The quantitative estimate of drug-likeness (QED) is 0.508. The predicted octanol–water partition coefficient (Wildman–Crippen LogP) is 1.90. The average molecular weight is 119 g/mol. The first-order valence-electron chi connectivity index (χ1n) is 2.44. The van der Waals surface area contributed by atoms with Crippen LogP contribution in [0.4, 0.5) is 0 Å². The molecule has 0 fully saturated rings. The minimum Gasteiger partial charge on any atom is -0.222 e. The molecule has 1 radical (unpaired) electrons. The second-order valence-electron chi connectivity index (χ2n) is 1.75. The van der Waals surface area contributed by atoms with Gasteiger partial charge in [-0.15, -0.1) is 11.8 Å². The summed E-state index contributed by atoms with van der Waals surface area (Å²) in [6, 6.07) is 0. The third kappa shape index (κ3) is 6.31. The second kappa shape index (κ2) is 3.33. The summed E-state index contributed by atoms with van der Waals surface area (Å²) in [4.78, 5) is 0. The highest BCUT2D eigenvalue weighted by atomic mass is 32.2. The molecule has 0 saturated carbocycles. The highest BCUT2D eigenvalue weighted by molar-refractivity contribution is 8.00. The summed E-state index contributed by atoms with van der Waals surface area (Å²) >= 11 is 1.45. The van der Waals surface area contributed by atoms with Crippen molar-refractivity contribution in [1.29, 1.82) is 0 Å². The van der Waals surface area contributed by atoms with Gasteiger partial charge >= 0.3 is 0 Å². The molecule has 0 aromatic carbocycles. The Hall–Kier alpha value is 0.310. The van der Waals surface area contributed by atoms with Crippen LogP contribution in [0, 0.1) is 0 Å². The van der Waals surface area contributed by atoms with E-state index in [-0.39, 0.29) is 0 Å². The summed E-state index contributed by atoms with van der Waals surface area (Å²) in [7, 11) is 0. The molecule has 0 N–H and O–H groups in total. The van der Waals surface area contributed by atoms with Gasteiger partial charge in [-0.05, 0) is 6.92 Å². The molecule has 0 heterocycles. The molecule has 1 atom stereocenters. The van der Waals surface area contributed by atoms with Crippen molar-refractivity contribution in [3.63, 3.8) is 0 Å². The van der Waals surface area contributed by atoms with Crippen molar-refractivity contribution in [2.75, 3.05) is 0 Å². The first kappa shape index (κ1) is 7.31. The van der Waals surface area contributed by atoms with Crippen LogP contribution in [0.2, 0.25) is 0 Å². The molecule has 1 unspecified atom stereocenters. The number of hydrogen-bond donors (Lipinski definition) is 0. The largest absolute Gasteiger partial charge is 0.222 e. The lowest BCUT2D eigenvalue weighted by atomic mass is 10.6. The molecule has 0 aliphatic carbocycles. The van der Waals surface area contributed by atoms with Crippen LogP contribution in [0.5, 0.6) is 0 Å². The van der Waals surface area contributed by atoms with E-state index in [1.54, 1.807) is 6.92 Å². The normalized spacial score (nSPS) is 15.0. The highest BCUT2D eigenvalue weighted by Gasteiger charge is 1.99. The van der Waals surface area contributed by atoms with Gasteiger partial charge in [-0.2, -0.15) is 0 Å². The third-order valence-corrected chi connectivity index (χ3v) is 1.39. The zero-order valence-electron chi connectivity index (χ0n) is 4.97. The smallest absolute Gasteiger partial charge is 0.136 e. The number of hydrogen-bond acceptors (Lipinski definition) is 1. The van der Waals surface area contributed by atoms with E-state index in [0.29, 0.717) is 5.25 Å². The molecule has 2 heteroatoms. The average Bonchev–Trinajstić information content (AvgIpc) is 1.27. The van der Waals surface area contributed by atoms with E-state index in [9.17, 15) is 5.11 Å². The number of thioether (sulfide) groups is 1. The SMILES string of the molecule is CC(C)SC(C)[O]. The van der Waals surface area contributed by atoms with Crippen LogP contribution in [-0.4, -0.2) is 10.7 Å². The van der Waals surface area contributed by atoms with E-state index in [4.69, 9.17) is 0 Å². The minimum absolute atomic E-state index is 0.458. The fourth-order valence-corrected chi connectivity index (χ4v) is 1.15. The Morgan fingerprint density at radius 2 is 1.71 bits per heavy atom. The maximum absolute atomic E-state index is 10.3. The van der Waals surface area contributed by atoms with Crippen LogP contribution in [0.1, 0.15) is 20.8 Å². The zero-order chi connectivity index (χ0) is 5.86. The van der Waals surface area contributed by atoms with E-state index in [2.05, 4.69) is 0 Å². The molecule has 0 aliphatic rings. The molecule has 0 aromatic rings. The van der Waals surface area contributed by atoms with Crippen LogP contribution in [0.15, 0.2) is 0 Å². The molecule has 0 rings (SSSR count). The molecule has 0 aliphatic heterocycles. The van der Waals surface area contributed by atoms with Gasteiger partial charge < -0.3 is 0 Å². The Morgan fingerprint density at radius 1 is 1.29 bits per heavy atom. The van der Waals surface area contributed by atoms with Gasteiger partial charge in [0.15, 0.2) is 0 Å². The number of rotatable bonds is 2. The van der Waals surface area contributed by atoms with Crippen LogP contribution in [0.25, 0.3) is 0 Å². The lowest BCUT2D eigenvalue weighted by molar-refractivity contribution is 0.180. The maximum Gasteiger partial charge on any atom is 0.136 e. The van der Waals surface area contributed by atoms with Gasteiger partial charge in [0.25, 0.3) is 0 Å². The summed E-state index contributed by atoms with van der Waals surface area (Å²) in [5.74, 6) is 0. The topological polar surface area (TPSA) is 19.9 Å². The molecule has 0 saturated heterocycles. The Labute approximate surface area is 49.1 Å². The van der Waals surface area contributed by atoms with Crippen LogP contribution in [0.3, 0.4) is 0 Å². The molecule has 0 spiro atoms. The van der Waals surface area contributed by atoms with Crippen molar-refractivity contribution in [2.24, 2.45) is 0 Å². The van der Waals surface area contributed by atoms with E-state index in [0.717, 1.165) is 0 Å². The Morgan fingerprint density at radius 3 is 1.71 bits per heavy atom. The van der Waals surface area contributed by atoms with Crippen molar-refractivity contribution in [1.82, 2.24) is 0 Å². The Kier molecular flexibility index (Phi) is 3.48. The van der Waals surface area contributed by atoms with Crippen molar-refractivity contribution in [3.05, 3.63) is 0 Å². The van der Waals surface area contributed by atoms with Crippen LogP contribution < -0.4 is 0 Å². The molecule has 1 nitrogen and oxygen atoms in total. The molecule has 0 aromatic heterocycles. The van der Waals surface area contributed by atoms with E-state index in [1.165, 1.54) is 11.8 Å². The molecule has 0 amide bonds. The fraction of sp³-hybridized carbons (Fsp3) is 1.00. The van der Waals surface area contributed by atoms with Crippen molar-refractivity contribution in [3.8, 4) is 0 Å². The van der Waals surface area contributed by atoms with Gasteiger partial charge in [-0.1, -0.05) is 13.8 Å². The van der Waals surface area contributed by atoms with Crippen molar-refractivity contribution < 1.29 is 5.11 Å². The van der Waals surface area contributed by atoms with Gasteiger partial charge in [-0.25, -0.2) is 5.11 Å². The summed E-state index contributed by atoms with van der Waals surface area (Å²) < 4.78 is 0.